The van der Waals surface area contributed by atoms with Crippen LogP contribution in [0.2, 0.25) is 0 Å². The number of amides is 2. The van der Waals surface area contributed by atoms with Gasteiger partial charge in [0.15, 0.2) is 5.78 Å². The van der Waals surface area contributed by atoms with Gasteiger partial charge in [0.05, 0.1) is 6.61 Å². The number of rotatable bonds is 10. The number of benzene rings is 1. The van der Waals surface area contributed by atoms with Gasteiger partial charge in [-0.15, -0.1) is 0 Å². The lowest BCUT2D eigenvalue weighted by Crippen LogP contribution is -2.54. The van der Waals surface area contributed by atoms with Gasteiger partial charge in [0.1, 0.15) is 11.8 Å². The maximum Gasteiger partial charge on any atom is 0.405 e. The van der Waals surface area contributed by atoms with Crippen molar-refractivity contribution < 1.29 is 24.2 Å². The van der Waals surface area contributed by atoms with Crippen molar-refractivity contribution in [3.63, 3.8) is 0 Å². The highest BCUT2D eigenvalue weighted by molar-refractivity contribution is 5.99. The predicted molar refractivity (Wildman–Crippen MR) is 112 cm³/mol. The second-order valence-corrected chi connectivity index (χ2v) is 7.94. The SMILES string of the molecule is CC[C@@H](NC(=O)O)C(=O)N1CCN(CCCOc2ccc(C(=O)C3CC3)cc2)CC1. The van der Waals surface area contributed by atoms with Crippen LogP contribution in [0.15, 0.2) is 24.3 Å². The number of carboxylic acid groups (broad SMARTS) is 1. The predicted octanol–water partition coefficient (Wildman–Crippen LogP) is 2.24. The number of nitrogens with one attached hydrogen (secondary N) is 1. The monoisotopic (exact) mass is 417 g/mol. The zero-order valence-electron chi connectivity index (χ0n) is 17.5. The Morgan fingerprint density at radius 2 is 1.80 bits per heavy atom. The molecule has 1 aromatic rings. The number of carbonyl (C=O) groups excluding carboxylic acids is 2. The summed E-state index contributed by atoms with van der Waals surface area (Å²) in [6, 6.07) is 6.72. The van der Waals surface area contributed by atoms with Crippen molar-refractivity contribution in [1.29, 1.82) is 0 Å². The first kappa shape index (κ1) is 22.1. The van der Waals surface area contributed by atoms with Crippen LogP contribution in [0.4, 0.5) is 4.79 Å². The minimum Gasteiger partial charge on any atom is -0.494 e. The highest BCUT2D eigenvalue weighted by Gasteiger charge is 2.30. The zero-order chi connectivity index (χ0) is 21.5. The molecule has 8 nitrogen and oxygen atoms in total. The Bertz CT molecular complexity index is 740. The highest BCUT2D eigenvalue weighted by atomic mass is 16.5. The zero-order valence-corrected chi connectivity index (χ0v) is 17.5. The number of ether oxygens (including phenoxy) is 1. The molecule has 3 rings (SSSR count). The van der Waals surface area contributed by atoms with Crippen LogP contribution in [0.25, 0.3) is 0 Å². The molecule has 1 aliphatic heterocycles. The number of ketones is 1. The number of carbonyl (C=O) groups is 3. The molecule has 1 heterocycles. The number of nitrogens with zero attached hydrogens (tertiary/aromatic N) is 2. The van der Waals surface area contributed by atoms with Gasteiger partial charge < -0.3 is 20.1 Å². The third kappa shape index (κ3) is 6.19. The number of hydrogen-bond acceptors (Lipinski definition) is 5. The van der Waals surface area contributed by atoms with E-state index < -0.39 is 12.1 Å². The normalized spacial score (nSPS) is 18.0. The topological polar surface area (TPSA) is 99.2 Å². The maximum atomic E-state index is 12.4. The van der Waals surface area contributed by atoms with E-state index in [1.165, 1.54) is 0 Å². The van der Waals surface area contributed by atoms with Gasteiger partial charge in [0.25, 0.3) is 0 Å². The second kappa shape index (κ2) is 10.4. The van der Waals surface area contributed by atoms with E-state index in [-0.39, 0.29) is 17.6 Å². The van der Waals surface area contributed by atoms with E-state index in [2.05, 4.69) is 10.2 Å². The molecule has 2 N–H and O–H groups in total. The van der Waals surface area contributed by atoms with E-state index in [4.69, 9.17) is 9.84 Å². The molecule has 8 heteroatoms. The Morgan fingerprint density at radius 3 is 2.37 bits per heavy atom. The first-order valence-corrected chi connectivity index (χ1v) is 10.8. The summed E-state index contributed by atoms with van der Waals surface area (Å²) in [5.41, 5.74) is 0.765. The summed E-state index contributed by atoms with van der Waals surface area (Å²) in [4.78, 5) is 39.3. The average Bonchev–Trinajstić information content (AvgIpc) is 3.60. The van der Waals surface area contributed by atoms with Crippen LogP contribution in [-0.2, 0) is 4.79 Å². The molecule has 2 amide bonds. The molecule has 30 heavy (non-hydrogen) atoms. The van der Waals surface area contributed by atoms with Gasteiger partial charge in [-0.1, -0.05) is 6.92 Å². The van der Waals surface area contributed by atoms with E-state index in [1.54, 1.807) is 11.8 Å². The molecule has 1 atom stereocenters. The fourth-order valence-electron chi connectivity index (χ4n) is 3.67. The Kier molecular flexibility index (Phi) is 7.68. The summed E-state index contributed by atoms with van der Waals surface area (Å²) in [5, 5.41) is 11.1. The van der Waals surface area contributed by atoms with Crippen LogP contribution in [0.5, 0.6) is 5.75 Å². The summed E-state index contributed by atoms with van der Waals surface area (Å²) in [6.45, 7) is 6.02. The van der Waals surface area contributed by atoms with Crippen LogP contribution in [-0.4, -0.2) is 78.1 Å². The lowest BCUT2D eigenvalue weighted by Gasteiger charge is -2.36. The van der Waals surface area contributed by atoms with Crippen LogP contribution in [0.1, 0.15) is 43.0 Å². The Balaban J connectivity index is 1.32. The van der Waals surface area contributed by atoms with Crippen molar-refractivity contribution >= 4 is 17.8 Å². The fraction of sp³-hybridized carbons (Fsp3) is 0.591. The van der Waals surface area contributed by atoms with Crippen molar-refractivity contribution in [1.82, 2.24) is 15.1 Å². The smallest absolute Gasteiger partial charge is 0.405 e. The van der Waals surface area contributed by atoms with Gasteiger partial charge in [-0.05, 0) is 49.9 Å². The van der Waals surface area contributed by atoms with Gasteiger partial charge in [-0.2, -0.15) is 0 Å². The second-order valence-electron chi connectivity index (χ2n) is 7.94. The van der Waals surface area contributed by atoms with Crippen LogP contribution < -0.4 is 10.1 Å². The maximum absolute atomic E-state index is 12.4. The Morgan fingerprint density at radius 1 is 1.13 bits per heavy atom. The van der Waals surface area contributed by atoms with E-state index in [0.29, 0.717) is 26.1 Å². The van der Waals surface area contributed by atoms with Gasteiger partial charge in [0.2, 0.25) is 5.91 Å². The Labute approximate surface area is 177 Å². The van der Waals surface area contributed by atoms with Crippen molar-refractivity contribution in [3.05, 3.63) is 29.8 Å². The molecule has 1 saturated heterocycles. The molecule has 2 aliphatic rings. The first-order valence-electron chi connectivity index (χ1n) is 10.8. The minimum absolute atomic E-state index is 0.147. The summed E-state index contributed by atoms with van der Waals surface area (Å²) < 4.78 is 5.78. The molecular weight excluding hydrogens is 386 g/mol. The summed E-state index contributed by atoms with van der Waals surface area (Å²) in [5.74, 6) is 1.10. The lowest BCUT2D eigenvalue weighted by atomic mass is 10.1. The summed E-state index contributed by atoms with van der Waals surface area (Å²) in [6.07, 6.45) is 2.17. The van der Waals surface area contributed by atoms with Crippen molar-refractivity contribution in [3.8, 4) is 5.75 Å². The first-order chi connectivity index (χ1) is 14.5. The number of Topliss-reactive ketones (excluding diaryl/α,β-unsaturated/α-hetero) is 1. The number of hydrogen-bond donors (Lipinski definition) is 2. The molecular formula is C22H31N3O5. The minimum atomic E-state index is -1.17. The largest absolute Gasteiger partial charge is 0.494 e. The molecule has 0 bridgehead atoms. The van der Waals surface area contributed by atoms with Crippen molar-refractivity contribution in [2.75, 3.05) is 39.3 Å². The van der Waals surface area contributed by atoms with E-state index >= 15 is 0 Å². The summed E-state index contributed by atoms with van der Waals surface area (Å²) in [7, 11) is 0. The molecule has 1 aliphatic carbocycles. The summed E-state index contributed by atoms with van der Waals surface area (Å²) >= 11 is 0. The molecule has 2 fully saturated rings. The van der Waals surface area contributed by atoms with Gasteiger partial charge in [0, 0.05) is 44.2 Å². The quantitative estimate of drug-likeness (QED) is 0.447. The lowest BCUT2D eigenvalue weighted by molar-refractivity contribution is -0.135. The highest BCUT2D eigenvalue weighted by Crippen LogP contribution is 2.32. The van der Waals surface area contributed by atoms with Crippen LogP contribution in [0, 0.1) is 5.92 Å². The molecule has 164 valence electrons. The average molecular weight is 418 g/mol. The molecule has 0 spiro atoms. The number of piperazine rings is 1. The third-order valence-electron chi connectivity index (χ3n) is 5.66. The van der Waals surface area contributed by atoms with Crippen LogP contribution >= 0.6 is 0 Å². The van der Waals surface area contributed by atoms with Crippen molar-refractivity contribution in [2.45, 2.75) is 38.6 Å². The third-order valence-corrected chi connectivity index (χ3v) is 5.66. The van der Waals surface area contributed by atoms with Gasteiger partial charge in [-0.25, -0.2) is 4.79 Å². The Hall–Kier alpha value is -2.61. The molecule has 0 aromatic heterocycles. The van der Waals surface area contributed by atoms with Gasteiger partial charge in [-0.3, -0.25) is 14.5 Å². The fourth-order valence-corrected chi connectivity index (χ4v) is 3.67. The molecule has 0 radical (unpaired) electrons. The van der Waals surface area contributed by atoms with Crippen molar-refractivity contribution in [2.24, 2.45) is 5.92 Å². The van der Waals surface area contributed by atoms with Crippen LogP contribution in [0.3, 0.4) is 0 Å². The molecule has 1 aromatic carbocycles. The molecule has 1 saturated carbocycles. The van der Waals surface area contributed by atoms with E-state index in [0.717, 1.165) is 50.2 Å². The van der Waals surface area contributed by atoms with E-state index in [9.17, 15) is 14.4 Å². The van der Waals surface area contributed by atoms with Gasteiger partial charge >= 0.3 is 6.09 Å². The standard InChI is InChI=1S/C22H31N3O5/c1-2-19(23-22(28)29)21(27)25-13-11-24(12-14-25)10-3-15-30-18-8-6-17(7-9-18)20(26)16-4-5-16/h6-9,16,19,23H,2-5,10-15H2,1H3,(H,28,29)/t19-/m1/s1. The molecule has 0 unspecified atom stereocenters. The van der Waals surface area contributed by atoms with E-state index in [1.807, 2.05) is 24.3 Å².